The highest BCUT2D eigenvalue weighted by Gasteiger charge is 2.30. The Labute approximate surface area is 159 Å². The third-order valence-corrected chi connectivity index (χ3v) is 5.81. The van der Waals surface area contributed by atoms with Crippen LogP contribution < -0.4 is 4.90 Å². The van der Waals surface area contributed by atoms with Gasteiger partial charge in [-0.3, -0.25) is 9.69 Å². The smallest absolute Gasteiger partial charge is 0.241 e. The monoisotopic (exact) mass is 367 g/mol. The normalized spacial score (nSPS) is 17.2. The summed E-state index contributed by atoms with van der Waals surface area (Å²) in [4.78, 5) is 18.5. The van der Waals surface area contributed by atoms with Crippen LogP contribution in [-0.4, -0.2) is 30.4 Å². The number of carbonyl (C=O) groups excluding carboxylic acids is 1. The summed E-state index contributed by atoms with van der Waals surface area (Å²) in [6.07, 6.45) is 2.57. The maximum atomic E-state index is 13.1. The summed E-state index contributed by atoms with van der Waals surface area (Å²) in [5.41, 5.74) is 3.16. The Kier molecular flexibility index (Phi) is 6.08. The molecule has 0 aliphatic carbocycles. The zero-order valence-corrected chi connectivity index (χ0v) is 16.3. The van der Waals surface area contributed by atoms with Crippen molar-refractivity contribution in [3.8, 4) is 6.07 Å². The summed E-state index contributed by atoms with van der Waals surface area (Å²) in [5, 5.41) is 11.1. The lowest BCUT2D eigenvalue weighted by Crippen LogP contribution is -2.40. The fraction of sp³-hybridized carbons (Fsp3) is 0.429. The van der Waals surface area contributed by atoms with Crippen molar-refractivity contribution >= 4 is 22.9 Å². The summed E-state index contributed by atoms with van der Waals surface area (Å²) in [7, 11) is 0. The molecule has 1 aromatic carbocycles. The number of anilines is 1. The van der Waals surface area contributed by atoms with Gasteiger partial charge in [-0.25, -0.2) is 0 Å². The Balaban J connectivity index is 1.78. The van der Waals surface area contributed by atoms with E-state index in [1.54, 1.807) is 16.2 Å². The van der Waals surface area contributed by atoms with Crippen molar-refractivity contribution in [2.75, 3.05) is 24.5 Å². The third kappa shape index (κ3) is 4.32. The van der Waals surface area contributed by atoms with Crippen molar-refractivity contribution in [3.05, 3.63) is 51.7 Å². The van der Waals surface area contributed by atoms with Crippen LogP contribution in [0.15, 0.2) is 35.7 Å². The van der Waals surface area contributed by atoms with Gasteiger partial charge in [0.2, 0.25) is 5.91 Å². The predicted molar refractivity (Wildman–Crippen MR) is 106 cm³/mol. The Hall–Kier alpha value is -2.16. The summed E-state index contributed by atoms with van der Waals surface area (Å²) in [6.45, 7) is 5.87. The van der Waals surface area contributed by atoms with Gasteiger partial charge in [-0.15, -0.1) is 11.3 Å². The van der Waals surface area contributed by atoms with Crippen LogP contribution in [0.5, 0.6) is 0 Å². The van der Waals surface area contributed by atoms with E-state index in [9.17, 15) is 4.79 Å². The topological polar surface area (TPSA) is 47.3 Å². The first kappa shape index (κ1) is 18.6. The molecule has 3 rings (SSSR count). The molecule has 5 heteroatoms. The first-order chi connectivity index (χ1) is 12.6. The number of likely N-dealkylation sites (tertiary alicyclic amines) is 1. The number of amides is 1. The molecule has 1 aromatic heterocycles. The molecule has 0 N–H and O–H groups in total. The van der Waals surface area contributed by atoms with E-state index in [4.69, 9.17) is 5.26 Å². The van der Waals surface area contributed by atoms with Crippen LogP contribution in [0.2, 0.25) is 0 Å². The van der Waals surface area contributed by atoms with Crippen molar-refractivity contribution in [2.45, 2.75) is 39.2 Å². The maximum Gasteiger partial charge on any atom is 0.241 e. The van der Waals surface area contributed by atoms with Gasteiger partial charge in [-0.1, -0.05) is 12.1 Å². The van der Waals surface area contributed by atoms with Crippen LogP contribution in [0.4, 0.5) is 5.69 Å². The first-order valence-electron chi connectivity index (χ1n) is 9.11. The van der Waals surface area contributed by atoms with Crippen LogP contribution in [0.25, 0.3) is 0 Å². The molecule has 0 radical (unpaired) electrons. The Morgan fingerprint density at radius 3 is 2.77 bits per heavy atom. The van der Waals surface area contributed by atoms with E-state index in [0.717, 1.165) is 36.2 Å². The quantitative estimate of drug-likeness (QED) is 0.758. The molecule has 2 heterocycles. The standard InChI is InChI=1S/C21H25N3OS/c1-16-12-17(2)14-18(13-16)24(10-5-8-22)21(25)15-23-9-3-6-19(23)20-7-4-11-26-20/h4,7,11-14,19H,3,5-6,9-10,15H2,1-2H3/t19-/m1/s1. The van der Waals surface area contributed by atoms with Gasteiger partial charge in [-0.05, 0) is 67.9 Å². The Morgan fingerprint density at radius 2 is 2.12 bits per heavy atom. The van der Waals surface area contributed by atoms with Crippen LogP contribution >= 0.6 is 11.3 Å². The van der Waals surface area contributed by atoms with Crippen molar-refractivity contribution in [1.82, 2.24) is 4.90 Å². The SMILES string of the molecule is Cc1cc(C)cc(N(CCC#N)C(=O)CN2CCC[C@@H]2c2cccs2)c1. The number of hydrogen-bond donors (Lipinski definition) is 0. The largest absolute Gasteiger partial charge is 0.310 e. The molecule has 0 saturated carbocycles. The predicted octanol–water partition coefficient (Wildman–Crippen LogP) is 4.45. The number of thiophene rings is 1. The molecule has 26 heavy (non-hydrogen) atoms. The molecule has 1 aliphatic rings. The van der Waals surface area contributed by atoms with Crippen molar-refractivity contribution in [3.63, 3.8) is 0 Å². The molecule has 1 aliphatic heterocycles. The van der Waals surface area contributed by atoms with Gasteiger partial charge in [-0.2, -0.15) is 5.26 Å². The van der Waals surface area contributed by atoms with Crippen molar-refractivity contribution < 1.29 is 4.79 Å². The van der Waals surface area contributed by atoms with E-state index in [0.29, 0.717) is 25.6 Å². The van der Waals surface area contributed by atoms with E-state index >= 15 is 0 Å². The molecular formula is C21H25N3OS. The highest BCUT2D eigenvalue weighted by Crippen LogP contribution is 2.34. The van der Waals surface area contributed by atoms with E-state index in [-0.39, 0.29) is 5.91 Å². The van der Waals surface area contributed by atoms with Crippen LogP contribution in [-0.2, 0) is 4.79 Å². The average molecular weight is 368 g/mol. The zero-order chi connectivity index (χ0) is 18.5. The third-order valence-electron chi connectivity index (χ3n) is 4.84. The summed E-state index contributed by atoms with van der Waals surface area (Å²) < 4.78 is 0. The molecule has 1 saturated heterocycles. The number of aryl methyl sites for hydroxylation is 2. The molecule has 1 fully saturated rings. The molecule has 136 valence electrons. The maximum absolute atomic E-state index is 13.1. The van der Waals surface area contributed by atoms with Crippen LogP contribution in [0, 0.1) is 25.2 Å². The molecular weight excluding hydrogens is 342 g/mol. The second kappa shape index (κ2) is 8.48. The lowest BCUT2D eigenvalue weighted by atomic mass is 10.1. The van der Waals surface area contributed by atoms with E-state index < -0.39 is 0 Å². The van der Waals surface area contributed by atoms with Gasteiger partial charge in [0.05, 0.1) is 19.0 Å². The van der Waals surface area contributed by atoms with Crippen LogP contribution in [0.1, 0.15) is 41.3 Å². The first-order valence-corrected chi connectivity index (χ1v) is 9.99. The van der Waals surface area contributed by atoms with E-state index in [1.165, 1.54) is 4.88 Å². The molecule has 1 amide bonds. The summed E-state index contributed by atoms with van der Waals surface area (Å²) in [5.74, 6) is 0.0775. The van der Waals surface area contributed by atoms with Crippen LogP contribution in [0.3, 0.4) is 0 Å². The molecule has 0 bridgehead atoms. The minimum atomic E-state index is 0.0775. The Morgan fingerprint density at radius 1 is 1.35 bits per heavy atom. The van der Waals surface area contributed by atoms with Gasteiger partial charge in [0, 0.05) is 23.2 Å². The van der Waals surface area contributed by atoms with E-state index in [1.807, 2.05) is 26.0 Å². The van der Waals surface area contributed by atoms with Gasteiger partial charge in [0.15, 0.2) is 0 Å². The number of nitriles is 1. The molecule has 0 spiro atoms. The second-order valence-corrected chi connectivity index (χ2v) is 7.92. The van der Waals surface area contributed by atoms with Gasteiger partial charge >= 0.3 is 0 Å². The fourth-order valence-corrected chi connectivity index (χ4v) is 4.64. The molecule has 4 nitrogen and oxygen atoms in total. The fourth-order valence-electron chi connectivity index (χ4n) is 3.74. The van der Waals surface area contributed by atoms with E-state index in [2.05, 4.69) is 34.5 Å². The zero-order valence-electron chi connectivity index (χ0n) is 15.4. The van der Waals surface area contributed by atoms with Gasteiger partial charge in [0.25, 0.3) is 0 Å². The lowest BCUT2D eigenvalue weighted by Gasteiger charge is -2.28. The lowest BCUT2D eigenvalue weighted by molar-refractivity contribution is -0.120. The Bertz CT molecular complexity index is 774. The number of hydrogen-bond acceptors (Lipinski definition) is 4. The average Bonchev–Trinajstić information content (AvgIpc) is 3.25. The number of carbonyl (C=O) groups is 1. The molecule has 0 unspecified atom stereocenters. The molecule has 1 atom stereocenters. The molecule has 2 aromatic rings. The summed E-state index contributed by atoms with van der Waals surface area (Å²) >= 11 is 1.76. The number of nitrogens with zero attached hydrogens (tertiary/aromatic N) is 3. The van der Waals surface area contributed by atoms with Crippen molar-refractivity contribution in [2.24, 2.45) is 0 Å². The minimum absolute atomic E-state index is 0.0775. The second-order valence-electron chi connectivity index (χ2n) is 6.94. The highest BCUT2D eigenvalue weighted by atomic mass is 32.1. The highest BCUT2D eigenvalue weighted by molar-refractivity contribution is 7.10. The van der Waals surface area contributed by atoms with Gasteiger partial charge in [0.1, 0.15) is 0 Å². The summed E-state index contributed by atoms with van der Waals surface area (Å²) in [6, 6.07) is 12.9. The number of benzene rings is 1. The number of rotatable bonds is 6. The minimum Gasteiger partial charge on any atom is -0.310 e. The van der Waals surface area contributed by atoms with Gasteiger partial charge < -0.3 is 4.90 Å². The van der Waals surface area contributed by atoms with Crippen molar-refractivity contribution in [1.29, 1.82) is 5.26 Å².